The van der Waals surface area contributed by atoms with Gasteiger partial charge in [0.15, 0.2) is 0 Å². The van der Waals surface area contributed by atoms with Crippen molar-refractivity contribution in [2.45, 2.75) is 64.5 Å². The third-order valence-corrected chi connectivity index (χ3v) is 4.51. The molecule has 1 saturated heterocycles. The molecule has 0 aromatic carbocycles. The van der Waals surface area contributed by atoms with E-state index < -0.39 is 0 Å². The summed E-state index contributed by atoms with van der Waals surface area (Å²) >= 11 is 0. The van der Waals surface area contributed by atoms with Gasteiger partial charge in [-0.3, -0.25) is 4.90 Å². The summed E-state index contributed by atoms with van der Waals surface area (Å²) in [7, 11) is 0. The van der Waals surface area contributed by atoms with Crippen molar-refractivity contribution < 1.29 is 0 Å². The lowest BCUT2D eigenvalue weighted by Gasteiger charge is -2.44. The Labute approximate surface area is 99.6 Å². The zero-order valence-electron chi connectivity index (χ0n) is 10.7. The Balaban J connectivity index is 2.02. The molecule has 0 aromatic heterocycles. The smallest absolute Gasteiger partial charge is 0.0672 e. The molecule has 0 bridgehead atoms. The van der Waals surface area contributed by atoms with E-state index in [2.05, 4.69) is 24.8 Å². The maximum Gasteiger partial charge on any atom is 0.0672 e. The first kappa shape index (κ1) is 11.9. The van der Waals surface area contributed by atoms with Gasteiger partial charge in [0, 0.05) is 12.1 Å². The minimum atomic E-state index is 0.296. The fraction of sp³-hybridized carbons (Fsp3) is 0.929. The van der Waals surface area contributed by atoms with Gasteiger partial charge in [-0.25, -0.2) is 0 Å². The lowest BCUT2D eigenvalue weighted by Crippen LogP contribution is -2.50. The number of nitriles is 1. The second-order valence-corrected chi connectivity index (χ2v) is 5.80. The summed E-state index contributed by atoms with van der Waals surface area (Å²) in [5, 5.41) is 9.25. The number of rotatable bonds is 1. The maximum atomic E-state index is 9.25. The standard InChI is InChI=1S/C14H24N2/c1-11-7-8-16(12(2)9-11)14-6-4-3-5-13(14)10-15/h11-14H,3-9H2,1-2H3. The molecule has 2 aliphatic rings. The van der Waals surface area contributed by atoms with Gasteiger partial charge >= 0.3 is 0 Å². The van der Waals surface area contributed by atoms with Crippen LogP contribution in [0.2, 0.25) is 0 Å². The zero-order valence-corrected chi connectivity index (χ0v) is 10.7. The summed E-state index contributed by atoms with van der Waals surface area (Å²) in [5.74, 6) is 1.17. The molecule has 1 saturated carbocycles. The van der Waals surface area contributed by atoms with Crippen molar-refractivity contribution in [3.05, 3.63) is 0 Å². The van der Waals surface area contributed by atoms with Gasteiger partial charge < -0.3 is 0 Å². The Morgan fingerprint density at radius 1 is 1.12 bits per heavy atom. The van der Waals surface area contributed by atoms with E-state index in [9.17, 15) is 5.26 Å². The average Bonchev–Trinajstić information content (AvgIpc) is 2.29. The van der Waals surface area contributed by atoms with E-state index in [1.54, 1.807) is 0 Å². The highest BCUT2D eigenvalue weighted by Gasteiger charge is 2.34. The van der Waals surface area contributed by atoms with E-state index in [1.165, 1.54) is 38.6 Å². The van der Waals surface area contributed by atoms with Crippen molar-refractivity contribution in [1.82, 2.24) is 4.90 Å². The van der Waals surface area contributed by atoms with Gasteiger partial charge in [0.05, 0.1) is 12.0 Å². The highest BCUT2D eigenvalue weighted by molar-refractivity contribution is 4.97. The summed E-state index contributed by atoms with van der Waals surface area (Å²) in [4.78, 5) is 2.63. The number of hydrogen-bond acceptors (Lipinski definition) is 2. The summed E-state index contributed by atoms with van der Waals surface area (Å²) in [6.45, 7) is 5.92. The normalized spacial score (nSPS) is 41.6. The lowest BCUT2D eigenvalue weighted by molar-refractivity contribution is 0.0453. The van der Waals surface area contributed by atoms with Crippen molar-refractivity contribution in [2.75, 3.05) is 6.54 Å². The largest absolute Gasteiger partial charge is 0.296 e. The van der Waals surface area contributed by atoms with Crippen LogP contribution in [-0.4, -0.2) is 23.5 Å². The Bertz CT molecular complexity index is 268. The maximum absolute atomic E-state index is 9.25. The van der Waals surface area contributed by atoms with Gasteiger partial charge in [-0.15, -0.1) is 0 Å². The van der Waals surface area contributed by atoms with Crippen molar-refractivity contribution >= 4 is 0 Å². The molecule has 0 amide bonds. The van der Waals surface area contributed by atoms with Crippen LogP contribution in [0.4, 0.5) is 0 Å². The Kier molecular flexibility index (Phi) is 3.86. The lowest BCUT2D eigenvalue weighted by atomic mass is 9.81. The van der Waals surface area contributed by atoms with Crippen molar-refractivity contribution in [3.63, 3.8) is 0 Å². The minimum Gasteiger partial charge on any atom is -0.296 e. The topological polar surface area (TPSA) is 27.0 Å². The fourth-order valence-electron chi connectivity index (χ4n) is 3.58. The van der Waals surface area contributed by atoms with Gasteiger partial charge in [0.2, 0.25) is 0 Å². The molecule has 1 heterocycles. The molecule has 0 N–H and O–H groups in total. The van der Waals surface area contributed by atoms with Crippen LogP contribution >= 0.6 is 0 Å². The molecule has 16 heavy (non-hydrogen) atoms. The number of likely N-dealkylation sites (tertiary alicyclic amines) is 1. The molecule has 4 unspecified atom stereocenters. The minimum absolute atomic E-state index is 0.296. The van der Waals surface area contributed by atoms with E-state index in [0.29, 0.717) is 18.0 Å². The zero-order chi connectivity index (χ0) is 11.5. The Morgan fingerprint density at radius 2 is 1.88 bits per heavy atom. The van der Waals surface area contributed by atoms with E-state index in [0.717, 1.165) is 12.3 Å². The van der Waals surface area contributed by atoms with Gasteiger partial charge in [-0.1, -0.05) is 19.8 Å². The number of hydrogen-bond donors (Lipinski definition) is 0. The first-order chi connectivity index (χ1) is 7.72. The van der Waals surface area contributed by atoms with E-state index in [-0.39, 0.29) is 0 Å². The number of nitrogens with zero attached hydrogens (tertiary/aromatic N) is 2. The van der Waals surface area contributed by atoms with Crippen LogP contribution < -0.4 is 0 Å². The van der Waals surface area contributed by atoms with Crippen molar-refractivity contribution in [3.8, 4) is 6.07 Å². The molecule has 1 aliphatic carbocycles. The van der Waals surface area contributed by atoms with Crippen LogP contribution in [-0.2, 0) is 0 Å². The molecule has 2 heteroatoms. The SMILES string of the molecule is CC1CCN(C2CCCCC2C#N)C(C)C1. The third-order valence-electron chi connectivity index (χ3n) is 4.51. The summed E-state index contributed by atoms with van der Waals surface area (Å²) in [5.41, 5.74) is 0. The van der Waals surface area contributed by atoms with Gasteiger partial charge in [-0.05, 0) is 45.1 Å². The molecule has 90 valence electrons. The highest BCUT2D eigenvalue weighted by atomic mass is 15.2. The molecule has 2 fully saturated rings. The Hall–Kier alpha value is -0.550. The molecular weight excluding hydrogens is 196 g/mol. The van der Waals surface area contributed by atoms with Gasteiger partial charge in [0.25, 0.3) is 0 Å². The molecule has 0 spiro atoms. The van der Waals surface area contributed by atoms with Crippen LogP contribution in [0.15, 0.2) is 0 Å². The molecule has 4 atom stereocenters. The van der Waals surface area contributed by atoms with E-state index >= 15 is 0 Å². The summed E-state index contributed by atoms with van der Waals surface area (Å²) in [6.07, 6.45) is 7.58. The first-order valence-electron chi connectivity index (χ1n) is 6.87. The van der Waals surface area contributed by atoms with Crippen LogP contribution in [0.25, 0.3) is 0 Å². The second kappa shape index (κ2) is 5.19. The monoisotopic (exact) mass is 220 g/mol. The average molecular weight is 220 g/mol. The van der Waals surface area contributed by atoms with Crippen molar-refractivity contribution in [1.29, 1.82) is 5.26 Å². The highest BCUT2D eigenvalue weighted by Crippen LogP contribution is 2.33. The molecule has 0 aromatic rings. The predicted octanol–water partition coefficient (Wildman–Crippen LogP) is 3.19. The molecule has 1 aliphatic heterocycles. The van der Waals surface area contributed by atoms with E-state index in [1.807, 2.05) is 0 Å². The van der Waals surface area contributed by atoms with Crippen LogP contribution in [0.1, 0.15) is 52.4 Å². The van der Waals surface area contributed by atoms with Crippen molar-refractivity contribution in [2.24, 2.45) is 11.8 Å². The molecular formula is C14H24N2. The molecule has 0 radical (unpaired) electrons. The summed E-state index contributed by atoms with van der Waals surface area (Å²) < 4.78 is 0. The molecule has 2 rings (SSSR count). The predicted molar refractivity (Wildman–Crippen MR) is 65.9 cm³/mol. The third kappa shape index (κ3) is 2.40. The Morgan fingerprint density at radius 3 is 2.56 bits per heavy atom. The summed E-state index contributed by atoms with van der Waals surface area (Å²) in [6, 6.07) is 3.78. The quantitative estimate of drug-likeness (QED) is 0.678. The second-order valence-electron chi connectivity index (χ2n) is 5.80. The van der Waals surface area contributed by atoms with Crippen LogP contribution in [0, 0.1) is 23.2 Å². The fourth-order valence-corrected chi connectivity index (χ4v) is 3.58. The van der Waals surface area contributed by atoms with Crippen LogP contribution in [0.5, 0.6) is 0 Å². The molecule has 2 nitrogen and oxygen atoms in total. The van der Waals surface area contributed by atoms with Gasteiger partial charge in [-0.2, -0.15) is 5.26 Å². The van der Waals surface area contributed by atoms with Gasteiger partial charge in [0.1, 0.15) is 0 Å². The first-order valence-corrected chi connectivity index (χ1v) is 6.87. The number of piperidine rings is 1. The van der Waals surface area contributed by atoms with E-state index in [4.69, 9.17) is 0 Å². The van der Waals surface area contributed by atoms with Crippen LogP contribution in [0.3, 0.4) is 0 Å².